The van der Waals surface area contributed by atoms with Crippen molar-refractivity contribution < 1.29 is 19.8 Å². The highest BCUT2D eigenvalue weighted by molar-refractivity contribution is 6.02. The zero-order valence-electron chi connectivity index (χ0n) is 19.5. The topological polar surface area (TPSA) is 86.6 Å². The maximum atomic E-state index is 12.4. The smallest absolute Gasteiger partial charge is 0.193 e. The molecule has 0 atom stereocenters. The molecule has 0 aromatic heterocycles. The third kappa shape index (κ3) is 6.23. The van der Waals surface area contributed by atoms with E-state index in [0.29, 0.717) is 17.7 Å². The third-order valence-corrected chi connectivity index (χ3v) is 5.48. The fourth-order valence-electron chi connectivity index (χ4n) is 3.60. The minimum absolute atomic E-state index is 0.192. The maximum absolute atomic E-state index is 12.4. The van der Waals surface area contributed by atoms with E-state index in [1.165, 1.54) is 27.7 Å². The number of rotatable bonds is 9. The average Bonchev–Trinajstić information content (AvgIpc) is 2.78. The zero-order valence-corrected chi connectivity index (χ0v) is 19.5. The molecule has 0 heterocycles. The molecule has 0 saturated heterocycles. The number of ketones is 2. The van der Waals surface area contributed by atoms with E-state index in [0.717, 1.165) is 16.7 Å². The van der Waals surface area contributed by atoms with Crippen molar-refractivity contribution in [3.8, 4) is 0 Å². The van der Waals surface area contributed by atoms with Crippen LogP contribution < -0.4 is 5.32 Å². The Morgan fingerprint density at radius 3 is 1.45 bits per heavy atom. The minimum Gasteiger partial charge on any atom is -0.382 e. The molecule has 3 aromatic rings. The van der Waals surface area contributed by atoms with Gasteiger partial charge in [0, 0.05) is 17.7 Å². The molecule has 3 aromatic carbocycles. The van der Waals surface area contributed by atoms with Crippen molar-refractivity contribution in [2.75, 3.05) is 0 Å². The molecule has 0 saturated carbocycles. The van der Waals surface area contributed by atoms with Gasteiger partial charge in [0.1, 0.15) is 11.2 Å². The first kappa shape index (κ1) is 24.5. The number of carbonyl (C=O) groups is 2. The van der Waals surface area contributed by atoms with E-state index in [-0.39, 0.29) is 17.6 Å². The molecule has 0 amide bonds. The predicted molar refractivity (Wildman–Crippen MR) is 129 cm³/mol. The third-order valence-electron chi connectivity index (χ3n) is 5.48. The van der Waals surface area contributed by atoms with Gasteiger partial charge in [0.25, 0.3) is 0 Å². The minimum atomic E-state index is -1.44. The summed E-state index contributed by atoms with van der Waals surface area (Å²) in [4.78, 5) is 24.8. The van der Waals surface area contributed by atoms with Crippen molar-refractivity contribution in [2.45, 2.75) is 51.5 Å². The first-order valence-corrected chi connectivity index (χ1v) is 11.0. The number of benzene rings is 3. The van der Waals surface area contributed by atoms with Gasteiger partial charge in [-0.15, -0.1) is 0 Å². The molecular weight excluding hydrogens is 414 g/mol. The lowest BCUT2D eigenvalue weighted by atomic mass is 9.91. The second-order valence-corrected chi connectivity index (χ2v) is 9.32. The van der Waals surface area contributed by atoms with Gasteiger partial charge in [0.15, 0.2) is 11.6 Å². The van der Waals surface area contributed by atoms with E-state index in [4.69, 9.17) is 0 Å². The summed E-state index contributed by atoms with van der Waals surface area (Å²) in [5, 5.41) is 23.6. The lowest BCUT2D eigenvalue weighted by Crippen LogP contribution is -2.31. The number of aliphatic hydroxyl groups is 2. The summed E-state index contributed by atoms with van der Waals surface area (Å²) < 4.78 is 0. The SMILES string of the molecule is CC(C)(O)C(=O)c1ccc(C(NCc2ccccc2)c2ccc(C(=O)C(C)(C)O)cc2)cc1. The van der Waals surface area contributed by atoms with Crippen molar-refractivity contribution in [3.05, 3.63) is 107 Å². The lowest BCUT2D eigenvalue weighted by molar-refractivity contribution is 0.0487. The first-order chi connectivity index (χ1) is 15.5. The summed E-state index contributed by atoms with van der Waals surface area (Å²) in [5.41, 5.74) is 1.04. The molecule has 0 aliphatic carbocycles. The quantitative estimate of drug-likeness (QED) is 0.423. The molecule has 0 unspecified atom stereocenters. The maximum Gasteiger partial charge on any atom is 0.193 e. The largest absolute Gasteiger partial charge is 0.382 e. The van der Waals surface area contributed by atoms with Crippen LogP contribution in [-0.4, -0.2) is 33.0 Å². The van der Waals surface area contributed by atoms with Crippen molar-refractivity contribution in [3.63, 3.8) is 0 Å². The molecule has 3 rings (SSSR count). The molecule has 0 spiro atoms. The predicted octanol–water partition coefficient (Wildman–Crippen LogP) is 4.47. The Kier molecular flexibility index (Phi) is 7.28. The molecule has 33 heavy (non-hydrogen) atoms. The Hall–Kier alpha value is -3.12. The summed E-state index contributed by atoms with van der Waals surface area (Å²) in [6.07, 6.45) is 0. The van der Waals surface area contributed by atoms with E-state index in [1.807, 2.05) is 54.6 Å². The molecule has 172 valence electrons. The van der Waals surface area contributed by atoms with Gasteiger partial charge in [-0.05, 0) is 44.4 Å². The summed E-state index contributed by atoms with van der Waals surface area (Å²) in [6.45, 7) is 6.53. The van der Waals surface area contributed by atoms with Gasteiger partial charge in [-0.2, -0.15) is 0 Å². The Labute approximate surface area is 195 Å². The highest BCUT2D eigenvalue weighted by Crippen LogP contribution is 2.25. The van der Waals surface area contributed by atoms with Gasteiger partial charge in [0.2, 0.25) is 0 Å². The van der Waals surface area contributed by atoms with Crippen molar-refractivity contribution >= 4 is 11.6 Å². The average molecular weight is 446 g/mol. The molecule has 0 fully saturated rings. The van der Waals surface area contributed by atoms with Crippen LogP contribution in [0.25, 0.3) is 0 Å². The molecule has 0 radical (unpaired) electrons. The summed E-state index contributed by atoms with van der Waals surface area (Å²) in [6, 6.07) is 24.2. The van der Waals surface area contributed by atoms with Crippen LogP contribution in [0.15, 0.2) is 78.9 Å². The standard InChI is InChI=1S/C28H31NO4/c1-27(2,32)25(30)22-14-10-20(11-15-22)24(29-18-19-8-6-5-7-9-19)21-12-16-23(17-13-21)26(31)28(3,4)33/h5-17,24,29,32-33H,18H2,1-4H3. The lowest BCUT2D eigenvalue weighted by Gasteiger charge is -2.22. The molecule has 0 aliphatic heterocycles. The van der Waals surface area contributed by atoms with Gasteiger partial charge in [-0.1, -0.05) is 78.9 Å². The van der Waals surface area contributed by atoms with E-state index < -0.39 is 11.2 Å². The van der Waals surface area contributed by atoms with Crippen LogP contribution in [0.4, 0.5) is 0 Å². The number of Topliss-reactive ketones (excluding diaryl/α,β-unsaturated/α-hetero) is 2. The van der Waals surface area contributed by atoms with Crippen LogP contribution in [0.3, 0.4) is 0 Å². The zero-order chi connectivity index (χ0) is 24.2. The summed E-state index contributed by atoms with van der Waals surface area (Å²) in [7, 11) is 0. The van der Waals surface area contributed by atoms with Crippen LogP contribution in [-0.2, 0) is 6.54 Å². The second-order valence-electron chi connectivity index (χ2n) is 9.32. The normalized spacial score (nSPS) is 12.1. The van der Waals surface area contributed by atoms with Crippen LogP contribution in [0.2, 0.25) is 0 Å². The van der Waals surface area contributed by atoms with Gasteiger partial charge in [-0.3, -0.25) is 9.59 Å². The molecule has 0 bridgehead atoms. The van der Waals surface area contributed by atoms with Gasteiger partial charge in [0.05, 0.1) is 6.04 Å². The highest BCUT2D eigenvalue weighted by Gasteiger charge is 2.27. The van der Waals surface area contributed by atoms with E-state index in [1.54, 1.807) is 24.3 Å². The van der Waals surface area contributed by atoms with Gasteiger partial charge in [-0.25, -0.2) is 0 Å². The van der Waals surface area contributed by atoms with Crippen molar-refractivity contribution in [1.29, 1.82) is 0 Å². The van der Waals surface area contributed by atoms with E-state index in [9.17, 15) is 19.8 Å². The molecular formula is C28H31NO4. The molecule has 5 heteroatoms. The van der Waals surface area contributed by atoms with Crippen LogP contribution in [0.1, 0.15) is 71.1 Å². The van der Waals surface area contributed by atoms with Crippen molar-refractivity contribution in [2.24, 2.45) is 0 Å². The van der Waals surface area contributed by atoms with E-state index in [2.05, 4.69) is 5.32 Å². The fraction of sp³-hybridized carbons (Fsp3) is 0.286. The second kappa shape index (κ2) is 9.79. The summed E-state index contributed by atoms with van der Waals surface area (Å²) in [5.74, 6) is -0.672. The Balaban J connectivity index is 1.91. The molecule has 0 aliphatic rings. The molecule has 3 N–H and O–H groups in total. The fourth-order valence-corrected chi connectivity index (χ4v) is 3.60. The first-order valence-electron chi connectivity index (χ1n) is 11.0. The Morgan fingerprint density at radius 1 is 0.697 bits per heavy atom. The van der Waals surface area contributed by atoms with Crippen LogP contribution >= 0.6 is 0 Å². The number of nitrogens with one attached hydrogen (secondary N) is 1. The van der Waals surface area contributed by atoms with Crippen molar-refractivity contribution in [1.82, 2.24) is 5.32 Å². The van der Waals surface area contributed by atoms with Gasteiger partial charge >= 0.3 is 0 Å². The highest BCUT2D eigenvalue weighted by atomic mass is 16.3. The number of hydrogen-bond acceptors (Lipinski definition) is 5. The van der Waals surface area contributed by atoms with E-state index >= 15 is 0 Å². The Morgan fingerprint density at radius 2 is 1.09 bits per heavy atom. The van der Waals surface area contributed by atoms with Crippen LogP contribution in [0.5, 0.6) is 0 Å². The molecule has 5 nitrogen and oxygen atoms in total. The summed E-state index contributed by atoms with van der Waals surface area (Å²) >= 11 is 0. The monoisotopic (exact) mass is 445 g/mol. The Bertz CT molecular complexity index is 1020. The number of carbonyl (C=O) groups excluding carboxylic acids is 2. The van der Waals surface area contributed by atoms with Gasteiger partial charge < -0.3 is 15.5 Å². The van der Waals surface area contributed by atoms with Crippen LogP contribution in [0, 0.1) is 0 Å². The number of hydrogen-bond donors (Lipinski definition) is 3.